The molecule has 0 saturated carbocycles. The maximum atomic E-state index is 6.48. The predicted molar refractivity (Wildman–Crippen MR) is 578 cm³/mol. The summed E-state index contributed by atoms with van der Waals surface area (Å²) in [5.41, 5.74) is 30.6. The van der Waals surface area contributed by atoms with Crippen LogP contribution >= 0.6 is 11.3 Å². The summed E-state index contributed by atoms with van der Waals surface area (Å²) in [5, 5.41) is 17.6. The second kappa shape index (κ2) is 31.8. The minimum absolute atomic E-state index is 0.672. The van der Waals surface area contributed by atoms with Crippen molar-refractivity contribution in [2.45, 2.75) is 0 Å². The second-order valence-electron chi connectivity index (χ2n) is 35.7. The Kier molecular flexibility index (Phi) is 17.9. The molecule has 0 aliphatic carbocycles. The van der Waals surface area contributed by atoms with E-state index in [-0.39, 0.29) is 0 Å². The van der Waals surface area contributed by atoms with Crippen LogP contribution in [0, 0.1) is 0 Å². The Balaban J connectivity index is 0.000000102. The van der Waals surface area contributed by atoms with Gasteiger partial charge in [-0.25, -0.2) is 29.9 Å². The van der Waals surface area contributed by atoms with Crippen molar-refractivity contribution in [3.05, 3.63) is 449 Å². The number of fused-ring (bicyclic) bond motifs is 30. The molecule has 141 heavy (non-hydrogen) atoms. The normalized spacial score (nSPS) is 12.0. The van der Waals surface area contributed by atoms with Crippen LogP contribution < -0.4 is 0 Å². The Morgan fingerprint density at radius 2 is 0.482 bits per heavy atom. The predicted octanol–water partition coefficient (Wildman–Crippen LogP) is 33.8. The summed E-state index contributed by atoms with van der Waals surface area (Å²) < 4.78 is 37.8. The van der Waals surface area contributed by atoms with E-state index in [0.717, 1.165) is 177 Å². The van der Waals surface area contributed by atoms with Crippen LogP contribution in [0.1, 0.15) is 0 Å². The number of benzene rings is 19. The van der Waals surface area contributed by atoms with Gasteiger partial charge in [0.05, 0.1) is 49.5 Å². The van der Waals surface area contributed by atoms with Gasteiger partial charge < -0.3 is 35.9 Å². The number of furan rings is 4. The third kappa shape index (κ3) is 12.6. The highest BCUT2D eigenvalue weighted by molar-refractivity contribution is 7.26. The number of aromatic nitrogens is 10. The molecule has 15 heteroatoms. The van der Waals surface area contributed by atoms with Crippen molar-refractivity contribution in [2.75, 3.05) is 0 Å². The summed E-state index contributed by atoms with van der Waals surface area (Å²) in [6.45, 7) is 0. The zero-order valence-electron chi connectivity index (χ0n) is 75.2. The van der Waals surface area contributed by atoms with Gasteiger partial charge in [-0.1, -0.05) is 303 Å². The van der Waals surface area contributed by atoms with Crippen LogP contribution in [0.2, 0.25) is 0 Å². The molecule has 0 N–H and O–H groups in total. The maximum absolute atomic E-state index is 6.48. The number of hydrogen-bond acceptors (Lipinski definition) is 11. The van der Waals surface area contributed by atoms with Gasteiger partial charge >= 0.3 is 0 Å². The van der Waals surface area contributed by atoms with Crippen molar-refractivity contribution >= 4 is 207 Å². The minimum Gasteiger partial charge on any atom is -0.455 e. The lowest BCUT2D eigenvalue weighted by Crippen LogP contribution is -1.96. The monoisotopic (exact) mass is 1820 g/mol. The van der Waals surface area contributed by atoms with Gasteiger partial charge in [0.1, 0.15) is 61.5 Å². The third-order valence-corrected chi connectivity index (χ3v) is 29.0. The Hall–Kier alpha value is -19.0. The van der Waals surface area contributed by atoms with E-state index in [9.17, 15) is 0 Å². The molecule has 31 aromatic rings. The van der Waals surface area contributed by atoms with Crippen molar-refractivity contribution < 1.29 is 17.7 Å². The number of rotatable bonds is 10. The molecule has 12 aromatic heterocycles. The van der Waals surface area contributed by atoms with Gasteiger partial charge in [-0.3, -0.25) is 0 Å². The Bertz CT molecular complexity index is 10100. The topological polar surface area (TPSA) is 150 Å². The minimum atomic E-state index is 0.672. The van der Waals surface area contributed by atoms with Crippen molar-refractivity contribution in [1.29, 1.82) is 0 Å². The van der Waals surface area contributed by atoms with Gasteiger partial charge in [0.15, 0.2) is 34.2 Å². The molecule has 0 amide bonds. The smallest absolute Gasteiger partial charge is 0.180 e. The molecule has 12 heterocycles. The van der Waals surface area contributed by atoms with Crippen LogP contribution in [0.5, 0.6) is 0 Å². The molecule has 0 bridgehead atoms. The number of thiophene rings is 1. The van der Waals surface area contributed by atoms with E-state index in [1.165, 1.54) is 74.6 Å². The van der Waals surface area contributed by atoms with Crippen LogP contribution in [0.25, 0.3) is 286 Å². The maximum Gasteiger partial charge on any atom is 0.180 e. The van der Waals surface area contributed by atoms with Gasteiger partial charge in [-0.2, -0.15) is 0 Å². The van der Waals surface area contributed by atoms with Gasteiger partial charge in [-0.15, -0.1) is 11.3 Å². The molecule has 0 spiro atoms. The summed E-state index contributed by atoms with van der Waals surface area (Å²) in [7, 11) is 0. The second-order valence-corrected chi connectivity index (χ2v) is 36.8. The molecule has 0 aliphatic heterocycles. The Morgan fingerprint density at radius 1 is 0.177 bits per heavy atom. The molecule has 0 aliphatic rings. The van der Waals surface area contributed by atoms with Gasteiger partial charge in [0.2, 0.25) is 0 Å². The first-order chi connectivity index (χ1) is 69.9. The first-order valence-corrected chi connectivity index (χ1v) is 48.0. The van der Waals surface area contributed by atoms with Crippen LogP contribution in [-0.4, -0.2) is 48.2 Å². The summed E-state index contributed by atoms with van der Waals surface area (Å²) in [6, 6.07) is 156. The van der Waals surface area contributed by atoms with Crippen molar-refractivity contribution in [3.63, 3.8) is 0 Å². The van der Waals surface area contributed by atoms with Crippen LogP contribution in [0.4, 0.5) is 0 Å². The molecule has 0 radical (unpaired) electrons. The lowest BCUT2D eigenvalue weighted by molar-refractivity contribution is 0.667. The molecule has 0 saturated heterocycles. The number of hydrogen-bond donors (Lipinski definition) is 0. The van der Waals surface area contributed by atoms with Gasteiger partial charge in [0, 0.05) is 141 Å². The van der Waals surface area contributed by atoms with E-state index in [0.29, 0.717) is 34.2 Å². The van der Waals surface area contributed by atoms with E-state index < -0.39 is 0 Å². The zero-order chi connectivity index (χ0) is 92.4. The molecule has 0 fully saturated rings. The quantitative estimate of drug-likeness (QED) is 0.129. The molecular formula is C126H74N10O4S. The average Bonchev–Trinajstić information content (AvgIpc) is 1.54. The highest BCUT2D eigenvalue weighted by atomic mass is 32.1. The molecule has 19 aromatic carbocycles. The van der Waals surface area contributed by atoms with Gasteiger partial charge in [-0.05, 0) is 146 Å². The Morgan fingerprint density at radius 3 is 0.922 bits per heavy atom. The highest BCUT2D eigenvalue weighted by Crippen LogP contribution is 2.49. The average molecular weight is 1820 g/mol. The molecule has 14 nitrogen and oxygen atoms in total. The molecule has 0 unspecified atom stereocenters. The molecule has 658 valence electrons. The lowest BCUT2D eigenvalue weighted by Gasteiger charge is -2.11. The molecular weight excluding hydrogens is 1750 g/mol. The number of para-hydroxylation sites is 9. The van der Waals surface area contributed by atoms with Crippen LogP contribution in [0.3, 0.4) is 0 Å². The van der Waals surface area contributed by atoms with E-state index in [1.807, 2.05) is 169 Å². The third-order valence-electron chi connectivity index (χ3n) is 27.8. The zero-order valence-corrected chi connectivity index (χ0v) is 76.1. The highest BCUT2D eigenvalue weighted by Gasteiger charge is 2.28. The Labute approximate surface area is 806 Å². The van der Waals surface area contributed by atoms with E-state index in [2.05, 4.69) is 309 Å². The lowest BCUT2D eigenvalue weighted by atomic mass is 10.1. The SMILES string of the molecule is c1ccc(-c2nc(-c3ccc(-n4c5ccccc5c5c4ccc4c6ccccc6n(-c6ccccc6)c45)cc3)c3oc4ccccc4c3n2)cc1.c1ccc(-c2nc(-c3ccc(-n4c5ccccc5c5c6oc7ccccc7c6ccc54)cc3)c3oc4ccccc4c3n2)cc1.c1ccc(-c2nc(-c3ccc(-n4c5ccccc5c5c6sc7ccccc7c6ccc54)cc3)c3oc4ccccc4c3n2)cc1. The van der Waals surface area contributed by atoms with Crippen molar-refractivity contribution in [3.8, 4) is 90.7 Å². The van der Waals surface area contributed by atoms with Crippen LogP contribution in [-0.2, 0) is 0 Å². The molecule has 31 rings (SSSR count). The van der Waals surface area contributed by atoms with Crippen molar-refractivity contribution in [2.24, 2.45) is 0 Å². The summed E-state index contributed by atoms with van der Waals surface area (Å²) >= 11 is 1.88. The summed E-state index contributed by atoms with van der Waals surface area (Å²) in [4.78, 5) is 30.2. The standard InChI is InChI=1S/C46H28N4O.C40H23N3O2.C40H23N3OS/c1-3-13-30(14-4-1)46-47-42(45-43(48-46)36-19-9-12-22-40(36)51-45)29-23-25-32(26-24-29)49-38-21-11-8-18-35(38)41-39(49)28-27-34-33-17-7-10-20-37(33)50(44(34)41)31-15-5-2-6-16-31;1-2-10-25(11-3-1)40-41-36(39-37(42-40)30-14-6-9-17-34(30)45-39)24-18-20-26(21-19-24)43-31-15-7-4-13-29(31)35-32(43)23-22-28-27-12-5-8-16-33(27)44-38(28)35;1-2-10-25(11-3-1)40-41-36(38-37(42-40)30-14-5-8-16-33(30)44-38)24-18-20-26(21-19-24)43-31-15-7-4-13-29(31)35-32(43)23-22-28-27-12-6-9-17-34(27)45-39(28)35/h1-28H;2*1-23H. The van der Waals surface area contributed by atoms with Crippen molar-refractivity contribution in [1.82, 2.24) is 48.2 Å². The fourth-order valence-electron chi connectivity index (χ4n) is 21.5. The number of nitrogens with zero attached hydrogens (tertiary/aromatic N) is 10. The van der Waals surface area contributed by atoms with E-state index >= 15 is 0 Å². The first-order valence-electron chi connectivity index (χ1n) is 47.2. The van der Waals surface area contributed by atoms with E-state index in [1.54, 1.807) is 0 Å². The fourth-order valence-corrected chi connectivity index (χ4v) is 22.7. The fraction of sp³-hybridized carbons (Fsp3) is 0. The van der Waals surface area contributed by atoms with E-state index in [4.69, 9.17) is 47.6 Å². The molecule has 0 atom stereocenters. The summed E-state index contributed by atoms with van der Waals surface area (Å²) in [5.74, 6) is 2.03. The summed E-state index contributed by atoms with van der Waals surface area (Å²) in [6.07, 6.45) is 0. The van der Waals surface area contributed by atoms with Gasteiger partial charge in [0.25, 0.3) is 0 Å². The first kappa shape index (κ1) is 79.4. The largest absolute Gasteiger partial charge is 0.455 e. The van der Waals surface area contributed by atoms with Crippen LogP contribution in [0.15, 0.2) is 467 Å².